The van der Waals surface area contributed by atoms with Crippen molar-refractivity contribution in [3.8, 4) is 0 Å². The van der Waals surface area contributed by atoms with Gasteiger partial charge in [-0.3, -0.25) is 19.3 Å². The maximum absolute atomic E-state index is 14.5. The van der Waals surface area contributed by atoms with Gasteiger partial charge in [0.05, 0.1) is 17.4 Å². The van der Waals surface area contributed by atoms with Gasteiger partial charge in [-0.25, -0.2) is 0 Å². The number of nitrogens with zero attached hydrogens (tertiary/aromatic N) is 2. The fourth-order valence-corrected chi connectivity index (χ4v) is 8.31. The van der Waals surface area contributed by atoms with E-state index in [-0.39, 0.29) is 29.6 Å². The number of fused-ring (bicyclic) bond motifs is 1. The van der Waals surface area contributed by atoms with E-state index >= 15 is 0 Å². The lowest BCUT2D eigenvalue weighted by atomic mass is 9.70. The van der Waals surface area contributed by atoms with Crippen LogP contribution in [0.3, 0.4) is 0 Å². The first-order valence-electron chi connectivity index (χ1n) is 15.7. The molecule has 2 aliphatic carbocycles. The molecular weight excluding hydrogens is 532 g/mol. The van der Waals surface area contributed by atoms with Crippen LogP contribution in [-0.4, -0.2) is 46.2 Å². The Morgan fingerprint density at radius 3 is 2.31 bits per heavy atom. The molecule has 1 spiro atoms. The quantitative estimate of drug-likeness (QED) is 0.462. The van der Waals surface area contributed by atoms with Crippen molar-refractivity contribution in [1.29, 1.82) is 0 Å². The molecule has 2 bridgehead atoms. The van der Waals surface area contributed by atoms with E-state index in [2.05, 4.69) is 27.9 Å². The average Bonchev–Trinajstić information content (AvgIpc) is 3.70. The number of aromatic nitrogens is 1. The molecule has 4 heterocycles. The molecule has 1 aromatic heterocycles. The molecule has 0 radical (unpaired) electrons. The standard InChI is InChI=1S/C33H40N4O5/c1-20-19-25(36-41-20)35-29(38)26-27-31(40)37(24-15-13-22(14-16-24)21-9-5-3-6-10-21)28(33(27)18-17-32(26,2)42-33)30(39)34-23-11-7-4-8-12-23/h13-19,21,23,26-28H,3-12H2,1-2H3,(H,34,39)(H,35,36,38)/t26-,27-,28-,32+,33+/m0/s1. The van der Waals surface area contributed by atoms with Crippen LogP contribution in [0.1, 0.15) is 88.4 Å². The second kappa shape index (κ2) is 10.4. The molecule has 2 saturated heterocycles. The number of anilines is 2. The minimum absolute atomic E-state index is 0.0694. The highest BCUT2D eigenvalue weighted by molar-refractivity contribution is 6.11. The summed E-state index contributed by atoms with van der Waals surface area (Å²) in [4.78, 5) is 44.1. The summed E-state index contributed by atoms with van der Waals surface area (Å²) < 4.78 is 11.8. The topological polar surface area (TPSA) is 114 Å². The third kappa shape index (κ3) is 4.39. The SMILES string of the molecule is Cc1cc(NC(=O)[C@@H]2[C@H]3C(=O)N(c4ccc(C5CCCCC5)cc4)[C@@H](C(=O)NC4CCCCC4)[C@@]34C=C[C@@]2(C)O4)no1. The van der Waals surface area contributed by atoms with Crippen molar-refractivity contribution < 1.29 is 23.6 Å². The lowest BCUT2D eigenvalue weighted by molar-refractivity contribution is -0.131. The van der Waals surface area contributed by atoms with Gasteiger partial charge in [-0.15, -0.1) is 0 Å². The Labute approximate surface area is 246 Å². The van der Waals surface area contributed by atoms with Gasteiger partial charge < -0.3 is 19.9 Å². The smallest absolute Gasteiger partial charge is 0.246 e. The van der Waals surface area contributed by atoms with E-state index in [1.165, 1.54) is 44.1 Å². The first-order chi connectivity index (χ1) is 20.3. The molecule has 3 amide bonds. The van der Waals surface area contributed by atoms with Crippen LogP contribution in [0.15, 0.2) is 47.0 Å². The Morgan fingerprint density at radius 1 is 0.952 bits per heavy atom. The predicted octanol–water partition coefficient (Wildman–Crippen LogP) is 5.16. The number of amides is 3. The summed E-state index contributed by atoms with van der Waals surface area (Å²) in [5.41, 5.74) is -0.363. The highest BCUT2D eigenvalue weighted by atomic mass is 16.5. The van der Waals surface area contributed by atoms with Crippen LogP contribution >= 0.6 is 0 Å². The van der Waals surface area contributed by atoms with E-state index in [9.17, 15) is 14.4 Å². The molecule has 2 aromatic rings. The zero-order valence-electron chi connectivity index (χ0n) is 24.4. The molecular formula is C33H40N4O5. The molecule has 3 aliphatic heterocycles. The van der Waals surface area contributed by atoms with Crippen molar-refractivity contribution in [2.45, 2.75) is 107 Å². The second-order valence-corrected chi connectivity index (χ2v) is 13.1. The molecule has 2 saturated carbocycles. The monoisotopic (exact) mass is 572 g/mol. The number of carbonyl (C=O) groups is 3. The second-order valence-electron chi connectivity index (χ2n) is 13.1. The number of hydrogen-bond acceptors (Lipinski definition) is 6. The summed E-state index contributed by atoms with van der Waals surface area (Å²) in [6.07, 6.45) is 15.0. The fraction of sp³-hybridized carbons (Fsp3) is 0.576. The molecule has 1 aromatic carbocycles. The lowest BCUT2D eigenvalue weighted by Gasteiger charge is -2.34. The van der Waals surface area contributed by atoms with Crippen LogP contribution in [0.2, 0.25) is 0 Å². The van der Waals surface area contributed by atoms with Crippen molar-refractivity contribution in [1.82, 2.24) is 10.5 Å². The molecule has 222 valence electrons. The summed E-state index contributed by atoms with van der Waals surface area (Å²) in [6, 6.07) is 8.91. The van der Waals surface area contributed by atoms with Crippen molar-refractivity contribution in [2.24, 2.45) is 11.8 Å². The Morgan fingerprint density at radius 2 is 1.64 bits per heavy atom. The van der Waals surface area contributed by atoms with E-state index in [1.807, 2.05) is 31.2 Å². The van der Waals surface area contributed by atoms with Gasteiger partial charge >= 0.3 is 0 Å². The van der Waals surface area contributed by atoms with Gasteiger partial charge in [-0.2, -0.15) is 0 Å². The maximum atomic E-state index is 14.5. The van der Waals surface area contributed by atoms with Crippen LogP contribution in [0, 0.1) is 18.8 Å². The summed E-state index contributed by atoms with van der Waals surface area (Å²) in [5, 5.41) is 9.99. The number of benzene rings is 1. The maximum Gasteiger partial charge on any atom is 0.246 e. The van der Waals surface area contributed by atoms with E-state index < -0.39 is 29.1 Å². The Bertz CT molecular complexity index is 1410. The summed E-state index contributed by atoms with van der Waals surface area (Å²) in [7, 11) is 0. The van der Waals surface area contributed by atoms with E-state index in [0.29, 0.717) is 17.4 Å². The van der Waals surface area contributed by atoms with Crippen molar-refractivity contribution in [3.63, 3.8) is 0 Å². The van der Waals surface area contributed by atoms with Crippen molar-refractivity contribution >= 4 is 29.2 Å². The normalized spacial score (nSPS) is 32.8. The minimum Gasteiger partial charge on any atom is -0.360 e. The summed E-state index contributed by atoms with van der Waals surface area (Å²) in [5.74, 6) is -1.20. The lowest BCUT2D eigenvalue weighted by Crippen LogP contribution is -2.56. The van der Waals surface area contributed by atoms with Gasteiger partial charge in [0.2, 0.25) is 17.7 Å². The van der Waals surface area contributed by atoms with Crippen LogP contribution in [0.4, 0.5) is 11.5 Å². The molecule has 5 atom stereocenters. The first-order valence-corrected chi connectivity index (χ1v) is 15.7. The van der Waals surface area contributed by atoms with Gasteiger partial charge in [0, 0.05) is 17.8 Å². The van der Waals surface area contributed by atoms with Gasteiger partial charge in [0.1, 0.15) is 17.4 Å². The third-order valence-electron chi connectivity index (χ3n) is 10.3. The number of hydrogen-bond donors (Lipinski definition) is 2. The van der Waals surface area contributed by atoms with E-state index in [1.54, 1.807) is 17.9 Å². The molecule has 42 heavy (non-hydrogen) atoms. The number of carbonyl (C=O) groups excluding carboxylic acids is 3. The average molecular weight is 573 g/mol. The van der Waals surface area contributed by atoms with E-state index in [0.717, 1.165) is 25.7 Å². The van der Waals surface area contributed by atoms with Crippen LogP contribution < -0.4 is 15.5 Å². The molecule has 5 aliphatic rings. The van der Waals surface area contributed by atoms with Gasteiger partial charge in [-0.05, 0) is 63.1 Å². The highest BCUT2D eigenvalue weighted by Crippen LogP contribution is 2.60. The molecule has 7 rings (SSSR count). The number of nitrogens with one attached hydrogen (secondary N) is 2. The molecule has 9 nitrogen and oxygen atoms in total. The van der Waals surface area contributed by atoms with E-state index in [4.69, 9.17) is 9.26 Å². The van der Waals surface area contributed by atoms with Crippen molar-refractivity contribution in [2.75, 3.05) is 10.2 Å². The van der Waals surface area contributed by atoms with Crippen molar-refractivity contribution in [3.05, 3.63) is 53.8 Å². The first kappa shape index (κ1) is 27.4. The molecule has 0 unspecified atom stereocenters. The number of aryl methyl sites for hydroxylation is 1. The third-order valence-corrected chi connectivity index (χ3v) is 10.3. The van der Waals surface area contributed by atoms with Gasteiger partial charge in [0.15, 0.2) is 5.82 Å². The molecule has 9 heteroatoms. The molecule has 2 N–H and O–H groups in total. The van der Waals surface area contributed by atoms with Crippen LogP contribution in [0.5, 0.6) is 0 Å². The fourth-order valence-electron chi connectivity index (χ4n) is 8.31. The van der Waals surface area contributed by atoms with Crippen LogP contribution in [0.25, 0.3) is 0 Å². The highest BCUT2D eigenvalue weighted by Gasteiger charge is 2.76. The van der Waals surface area contributed by atoms with Gasteiger partial charge in [-0.1, -0.05) is 68.0 Å². The zero-order chi connectivity index (χ0) is 29.1. The predicted molar refractivity (Wildman–Crippen MR) is 157 cm³/mol. The molecule has 4 fully saturated rings. The Balaban J connectivity index is 1.24. The summed E-state index contributed by atoms with van der Waals surface area (Å²) in [6.45, 7) is 3.57. The van der Waals surface area contributed by atoms with Crippen LogP contribution in [-0.2, 0) is 19.1 Å². The number of ether oxygens (including phenoxy) is 1. The minimum atomic E-state index is -1.26. The largest absolute Gasteiger partial charge is 0.360 e. The summed E-state index contributed by atoms with van der Waals surface area (Å²) >= 11 is 0. The van der Waals surface area contributed by atoms with Gasteiger partial charge in [0.25, 0.3) is 0 Å². The Kier molecular flexibility index (Phi) is 6.76. The zero-order valence-corrected chi connectivity index (χ0v) is 24.4. The number of rotatable bonds is 6. The Hall–Kier alpha value is -3.46.